The number of alkyl halides is 5. The van der Waals surface area contributed by atoms with Crippen LogP contribution in [-0.2, 0) is 0 Å². The van der Waals surface area contributed by atoms with Crippen LogP contribution in [0.15, 0.2) is 59.8 Å². The lowest BCUT2D eigenvalue weighted by Crippen LogP contribution is -2.20. The molecule has 0 aliphatic rings. The molecule has 36 heavy (non-hydrogen) atoms. The van der Waals surface area contributed by atoms with Gasteiger partial charge in [-0.15, -0.1) is 0 Å². The standard InChI is InChI=1S/C23H14F5N5O3/c24-21(25)36-13-4-1-11(2-5-13)17-19-14(8-29-20(17)34)18(32-22(33-19)35-9-23(26,27)28)12-3-6-15-16(7-12)31-10-30-15/h1-8,10,21H,9H2,(H,29,34)(H,30,31). The summed E-state index contributed by atoms with van der Waals surface area (Å²) in [5.41, 5.74) is 1.62. The van der Waals surface area contributed by atoms with Crippen molar-refractivity contribution in [1.82, 2.24) is 24.9 Å². The molecule has 8 nitrogen and oxygen atoms in total. The molecule has 184 valence electrons. The minimum Gasteiger partial charge on any atom is -0.454 e. The van der Waals surface area contributed by atoms with Gasteiger partial charge in [0.05, 0.1) is 34.1 Å². The highest BCUT2D eigenvalue weighted by Crippen LogP contribution is 2.33. The molecule has 0 atom stereocenters. The summed E-state index contributed by atoms with van der Waals surface area (Å²) in [5.74, 6) is -0.137. The molecule has 3 aromatic heterocycles. The van der Waals surface area contributed by atoms with E-state index >= 15 is 0 Å². The molecule has 5 rings (SSSR count). The Morgan fingerprint density at radius 1 is 0.972 bits per heavy atom. The zero-order chi connectivity index (χ0) is 25.4. The van der Waals surface area contributed by atoms with Gasteiger partial charge in [0.1, 0.15) is 5.75 Å². The average Bonchev–Trinajstić information content (AvgIpc) is 3.30. The second-order valence-corrected chi connectivity index (χ2v) is 7.55. The molecule has 0 aliphatic carbocycles. The van der Waals surface area contributed by atoms with Crippen LogP contribution in [0.2, 0.25) is 0 Å². The van der Waals surface area contributed by atoms with Crippen LogP contribution in [-0.4, -0.2) is 44.3 Å². The van der Waals surface area contributed by atoms with Crippen LogP contribution in [0.3, 0.4) is 0 Å². The molecular formula is C23H14F5N5O3. The van der Waals surface area contributed by atoms with E-state index in [1.165, 1.54) is 36.8 Å². The summed E-state index contributed by atoms with van der Waals surface area (Å²) in [4.78, 5) is 30.8. The molecule has 13 heteroatoms. The van der Waals surface area contributed by atoms with Gasteiger partial charge in [-0.25, -0.2) is 4.98 Å². The molecule has 0 bridgehead atoms. The van der Waals surface area contributed by atoms with Gasteiger partial charge < -0.3 is 19.4 Å². The number of hydrogen-bond donors (Lipinski definition) is 2. The highest BCUT2D eigenvalue weighted by atomic mass is 19.4. The second kappa shape index (κ2) is 8.91. The third-order valence-corrected chi connectivity index (χ3v) is 5.16. The topological polar surface area (TPSA) is 106 Å². The van der Waals surface area contributed by atoms with Gasteiger partial charge in [0.25, 0.3) is 5.56 Å². The monoisotopic (exact) mass is 503 g/mol. The van der Waals surface area contributed by atoms with Crippen molar-refractivity contribution in [3.8, 4) is 34.1 Å². The summed E-state index contributed by atoms with van der Waals surface area (Å²) >= 11 is 0. The number of halogens is 5. The normalized spacial score (nSPS) is 11.9. The van der Waals surface area contributed by atoms with Crippen molar-refractivity contribution in [3.63, 3.8) is 0 Å². The average molecular weight is 503 g/mol. The van der Waals surface area contributed by atoms with Gasteiger partial charge in [0.2, 0.25) is 0 Å². The van der Waals surface area contributed by atoms with Crippen molar-refractivity contribution < 1.29 is 31.4 Å². The molecule has 0 saturated carbocycles. The largest absolute Gasteiger partial charge is 0.454 e. The van der Waals surface area contributed by atoms with E-state index in [9.17, 15) is 26.7 Å². The number of H-pyrrole nitrogens is 2. The molecule has 5 aromatic rings. The first-order valence-electron chi connectivity index (χ1n) is 10.3. The number of aromatic amines is 2. The Balaban J connectivity index is 1.72. The van der Waals surface area contributed by atoms with E-state index in [1.54, 1.807) is 18.2 Å². The number of fused-ring (bicyclic) bond motifs is 2. The number of benzene rings is 2. The van der Waals surface area contributed by atoms with Gasteiger partial charge >= 0.3 is 18.8 Å². The first-order chi connectivity index (χ1) is 17.2. The van der Waals surface area contributed by atoms with Crippen molar-refractivity contribution >= 4 is 21.9 Å². The second-order valence-electron chi connectivity index (χ2n) is 7.55. The highest BCUT2D eigenvalue weighted by molar-refractivity contribution is 6.01. The van der Waals surface area contributed by atoms with E-state index in [-0.39, 0.29) is 28.1 Å². The number of aromatic nitrogens is 5. The summed E-state index contributed by atoms with van der Waals surface area (Å²) in [7, 11) is 0. The van der Waals surface area contributed by atoms with Crippen molar-refractivity contribution in [2.75, 3.05) is 6.61 Å². The van der Waals surface area contributed by atoms with Crippen molar-refractivity contribution in [1.29, 1.82) is 0 Å². The number of imidazole rings is 1. The molecule has 0 aliphatic heterocycles. The predicted molar refractivity (Wildman–Crippen MR) is 119 cm³/mol. The van der Waals surface area contributed by atoms with Crippen LogP contribution in [0.4, 0.5) is 22.0 Å². The van der Waals surface area contributed by atoms with Crippen LogP contribution < -0.4 is 15.0 Å². The van der Waals surface area contributed by atoms with E-state index in [0.29, 0.717) is 16.5 Å². The third-order valence-electron chi connectivity index (χ3n) is 5.16. The van der Waals surface area contributed by atoms with Crippen LogP contribution in [0.25, 0.3) is 44.3 Å². The molecule has 0 unspecified atom stereocenters. The summed E-state index contributed by atoms with van der Waals surface area (Å²) in [6, 6.07) is 9.64. The molecule has 0 saturated heterocycles. The number of nitrogens with zero attached hydrogens (tertiary/aromatic N) is 3. The first-order valence-corrected chi connectivity index (χ1v) is 10.3. The number of nitrogens with one attached hydrogen (secondary N) is 2. The number of hydrogen-bond acceptors (Lipinski definition) is 6. The fraction of sp³-hybridized carbons (Fsp3) is 0.130. The maximum Gasteiger partial charge on any atom is 0.422 e. The van der Waals surface area contributed by atoms with E-state index < -0.39 is 31.0 Å². The van der Waals surface area contributed by atoms with Crippen molar-refractivity contribution in [2.45, 2.75) is 12.8 Å². The van der Waals surface area contributed by atoms with Gasteiger partial charge in [-0.3, -0.25) is 4.79 Å². The lowest BCUT2D eigenvalue weighted by molar-refractivity contribution is -0.154. The molecule has 2 N–H and O–H groups in total. The Kier molecular flexibility index (Phi) is 5.74. The summed E-state index contributed by atoms with van der Waals surface area (Å²) < 4.78 is 72.7. The highest BCUT2D eigenvalue weighted by Gasteiger charge is 2.29. The molecule has 0 radical (unpaired) electrons. The molecule has 0 amide bonds. The maximum absolute atomic E-state index is 12.8. The van der Waals surface area contributed by atoms with Gasteiger partial charge in [0.15, 0.2) is 6.61 Å². The maximum atomic E-state index is 12.8. The number of pyridine rings is 1. The number of ether oxygens (including phenoxy) is 2. The summed E-state index contributed by atoms with van der Waals surface area (Å²) in [6.07, 6.45) is -1.82. The quantitative estimate of drug-likeness (QED) is 0.314. The molecular weight excluding hydrogens is 489 g/mol. The third kappa shape index (κ3) is 4.67. The summed E-state index contributed by atoms with van der Waals surface area (Å²) in [6.45, 7) is -4.68. The molecule has 0 fully saturated rings. The molecule has 3 heterocycles. The predicted octanol–water partition coefficient (Wildman–Crippen LogP) is 5.07. The minimum atomic E-state index is -4.65. The van der Waals surface area contributed by atoms with E-state index in [0.717, 1.165) is 5.52 Å². The molecule has 2 aromatic carbocycles. The van der Waals surface area contributed by atoms with Crippen LogP contribution in [0.1, 0.15) is 0 Å². The zero-order valence-corrected chi connectivity index (χ0v) is 17.9. The Morgan fingerprint density at radius 2 is 1.72 bits per heavy atom. The van der Waals surface area contributed by atoms with E-state index in [4.69, 9.17) is 4.74 Å². The van der Waals surface area contributed by atoms with Crippen LogP contribution in [0, 0.1) is 0 Å². The van der Waals surface area contributed by atoms with Gasteiger partial charge in [-0.1, -0.05) is 18.2 Å². The van der Waals surface area contributed by atoms with E-state index in [1.807, 2.05) is 0 Å². The minimum absolute atomic E-state index is 0.00516. The molecule has 0 spiro atoms. The van der Waals surface area contributed by atoms with Gasteiger partial charge in [-0.2, -0.15) is 31.9 Å². The Labute approximate surface area is 197 Å². The van der Waals surface area contributed by atoms with Crippen molar-refractivity contribution in [3.05, 3.63) is 65.3 Å². The van der Waals surface area contributed by atoms with E-state index in [2.05, 4.69) is 29.7 Å². The first kappa shape index (κ1) is 23.2. The Hall–Kier alpha value is -4.55. The smallest absolute Gasteiger partial charge is 0.422 e. The van der Waals surface area contributed by atoms with Crippen molar-refractivity contribution in [2.24, 2.45) is 0 Å². The van der Waals surface area contributed by atoms with Gasteiger partial charge in [-0.05, 0) is 29.8 Å². The van der Waals surface area contributed by atoms with Gasteiger partial charge in [0, 0.05) is 17.1 Å². The fourth-order valence-corrected chi connectivity index (χ4v) is 3.67. The SMILES string of the molecule is O=c1[nH]cc2c(-c3ccc4[nH]cnc4c3)nc(OCC(F)(F)F)nc2c1-c1ccc(OC(F)F)cc1. The Bertz CT molecular complexity index is 1610. The van der Waals surface area contributed by atoms with Crippen LogP contribution >= 0.6 is 0 Å². The number of rotatable bonds is 6. The lowest BCUT2D eigenvalue weighted by atomic mass is 10.0. The lowest BCUT2D eigenvalue weighted by Gasteiger charge is -2.13. The fourth-order valence-electron chi connectivity index (χ4n) is 3.67. The Morgan fingerprint density at radius 3 is 2.44 bits per heavy atom. The zero-order valence-electron chi connectivity index (χ0n) is 17.9. The van der Waals surface area contributed by atoms with Crippen LogP contribution in [0.5, 0.6) is 11.8 Å². The summed E-state index contributed by atoms with van der Waals surface area (Å²) in [5, 5.41) is 0.312.